The van der Waals surface area contributed by atoms with Crippen molar-refractivity contribution in [2.45, 2.75) is 13.8 Å². The third-order valence-corrected chi connectivity index (χ3v) is 8.69. The van der Waals surface area contributed by atoms with Crippen molar-refractivity contribution < 1.29 is 26.2 Å². The maximum absolute atomic E-state index is 10.9. The number of nitrogens with zero attached hydrogens (tertiary/aromatic N) is 3. The topological polar surface area (TPSA) is 50.9 Å². The van der Waals surface area contributed by atoms with Crippen LogP contribution in [0, 0.1) is 19.9 Å². The summed E-state index contributed by atoms with van der Waals surface area (Å²) in [6.07, 6.45) is 1.84. The molecule has 0 saturated heterocycles. The van der Waals surface area contributed by atoms with E-state index < -0.39 is 0 Å². The number of pyridine rings is 2. The van der Waals surface area contributed by atoms with E-state index in [2.05, 4.69) is 103 Å². The van der Waals surface area contributed by atoms with Gasteiger partial charge in [-0.1, -0.05) is 90.5 Å². The monoisotopic (exact) mass is 787 g/mol. The molecular weight excluding hydrogens is 758 g/mol. The molecule has 3 heterocycles. The molecule has 0 atom stereocenters. The van der Waals surface area contributed by atoms with E-state index in [0.717, 1.165) is 55.6 Å². The normalized spacial score (nSPS) is 11.1. The summed E-state index contributed by atoms with van der Waals surface area (Å²) in [5.74, 6) is 0.191. The molecule has 5 heteroatoms. The van der Waals surface area contributed by atoms with Gasteiger partial charge in [0.05, 0.1) is 11.2 Å². The molecule has 0 fully saturated rings. The second-order valence-corrected chi connectivity index (χ2v) is 11.7. The number of hydrogen-bond donors (Lipinski definition) is 1. The van der Waals surface area contributed by atoms with Crippen LogP contribution in [0.5, 0.6) is 5.75 Å². The first kappa shape index (κ1) is 30.3. The van der Waals surface area contributed by atoms with Crippen LogP contribution in [0.2, 0.25) is 0 Å². The van der Waals surface area contributed by atoms with E-state index >= 15 is 0 Å². The van der Waals surface area contributed by atoms with Crippen LogP contribution in [0.25, 0.3) is 72.4 Å². The molecule has 0 aliphatic heterocycles. The third kappa shape index (κ3) is 5.45. The van der Waals surface area contributed by atoms with Gasteiger partial charge in [-0.15, -0.1) is 23.8 Å². The Morgan fingerprint density at radius 2 is 1.32 bits per heavy atom. The van der Waals surface area contributed by atoms with Gasteiger partial charge in [0.1, 0.15) is 11.4 Å². The van der Waals surface area contributed by atoms with Crippen LogP contribution in [0.4, 0.5) is 0 Å². The zero-order chi connectivity index (χ0) is 31.2. The maximum atomic E-state index is 10.9. The summed E-state index contributed by atoms with van der Waals surface area (Å²) >= 11 is 0. The van der Waals surface area contributed by atoms with Gasteiger partial charge in [-0.25, -0.2) is 4.98 Å². The molecule has 230 valence electrons. The van der Waals surface area contributed by atoms with Crippen LogP contribution in [0.3, 0.4) is 0 Å². The van der Waals surface area contributed by atoms with Crippen molar-refractivity contribution in [3.63, 3.8) is 0 Å². The fourth-order valence-electron chi connectivity index (χ4n) is 6.56. The number of phenolic OH excluding ortho intramolecular Hbond substituents is 1. The average Bonchev–Trinajstić information content (AvgIpc) is 3.43. The van der Waals surface area contributed by atoms with E-state index in [1.54, 1.807) is 6.07 Å². The molecule has 0 bridgehead atoms. The summed E-state index contributed by atoms with van der Waals surface area (Å²) in [6, 6.07) is 48.9. The van der Waals surface area contributed by atoms with Crippen LogP contribution >= 0.6 is 0 Å². The van der Waals surface area contributed by atoms with E-state index in [0.29, 0.717) is 11.3 Å². The van der Waals surface area contributed by atoms with Crippen molar-refractivity contribution >= 4 is 21.9 Å². The molecule has 4 nitrogen and oxygen atoms in total. The summed E-state index contributed by atoms with van der Waals surface area (Å²) in [5.41, 5.74) is 12.6. The smallest absolute Gasteiger partial charge is 0.144 e. The number of rotatable bonds is 5. The van der Waals surface area contributed by atoms with Crippen molar-refractivity contribution in [1.29, 1.82) is 0 Å². The number of aromatic hydroxyl groups is 1. The molecule has 8 rings (SSSR count). The zero-order valence-electron chi connectivity index (χ0n) is 25.9. The third-order valence-electron chi connectivity index (χ3n) is 8.69. The molecule has 0 radical (unpaired) electrons. The Morgan fingerprint density at radius 1 is 0.617 bits per heavy atom. The van der Waals surface area contributed by atoms with E-state index in [9.17, 15) is 5.11 Å². The Hall–Kier alpha value is -5.31. The molecule has 0 spiro atoms. The van der Waals surface area contributed by atoms with Crippen molar-refractivity contribution in [3.05, 3.63) is 157 Å². The molecule has 1 N–H and O–H groups in total. The minimum Gasteiger partial charge on any atom is -0.507 e. The molecule has 0 amide bonds. The van der Waals surface area contributed by atoms with Gasteiger partial charge < -0.3 is 9.67 Å². The summed E-state index contributed by atoms with van der Waals surface area (Å²) < 4.78 is 2.20. The van der Waals surface area contributed by atoms with Gasteiger partial charge in [0, 0.05) is 43.6 Å². The molecule has 8 aromatic rings. The molecule has 0 saturated carbocycles. The van der Waals surface area contributed by atoms with Crippen molar-refractivity contribution in [1.82, 2.24) is 14.5 Å². The van der Waals surface area contributed by atoms with E-state index in [1.165, 1.54) is 16.7 Å². The molecular formula is C42H30N3OPt-. The van der Waals surface area contributed by atoms with Crippen LogP contribution in [-0.4, -0.2) is 19.6 Å². The Labute approximate surface area is 288 Å². The standard InChI is InChI=1S/C42H30N3O.Pt/c1-27-12-10-13-28(2)41(27)32-22-31(23-33(24-32)45-39-19-8-6-16-34(39)35-18-11-21-43-42(35)45)37-25-30(29-14-4-3-5-15-29)26-38(44-37)36-17-7-9-20-40(36)46;/h3-22,24-26,46H,1-2H3;/q-1;. The quantitative estimate of drug-likeness (QED) is 0.177. The minimum absolute atomic E-state index is 0. The van der Waals surface area contributed by atoms with Gasteiger partial charge >= 0.3 is 0 Å². The summed E-state index contributed by atoms with van der Waals surface area (Å²) in [4.78, 5) is 10.0. The van der Waals surface area contributed by atoms with E-state index in [-0.39, 0.29) is 26.8 Å². The predicted molar refractivity (Wildman–Crippen MR) is 188 cm³/mol. The number of aryl methyl sites for hydroxylation is 2. The fraction of sp³-hybridized carbons (Fsp3) is 0.0476. The number of aromatic nitrogens is 3. The Balaban J connectivity index is 0.00000351. The Bertz CT molecular complexity index is 2340. The summed E-state index contributed by atoms with van der Waals surface area (Å²) in [7, 11) is 0. The number of fused-ring (bicyclic) bond motifs is 3. The van der Waals surface area contributed by atoms with Gasteiger partial charge in [-0.3, -0.25) is 4.98 Å². The predicted octanol–water partition coefficient (Wildman–Crippen LogP) is 10.4. The molecule has 0 aliphatic carbocycles. The molecule has 0 aliphatic rings. The van der Waals surface area contributed by atoms with Gasteiger partial charge in [0.15, 0.2) is 0 Å². The first-order chi connectivity index (χ1) is 22.5. The number of para-hydroxylation sites is 2. The number of phenols is 1. The molecule has 0 unspecified atom stereocenters. The van der Waals surface area contributed by atoms with Gasteiger partial charge in [0.25, 0.3) is 0 Å². The van der Waals surface area contributed by atoms with Crippen molar-refractivity contribution in [2.75, 3.05) is 0 Å². The minimum atomic E-state index is 0. The Kier molecular flexibility index (Phi) is 8.05. The second kappa shape index (κ2) is 12.5. The fourth-order valence-corrected chi connectivity index (χ4v) is 6.56. The van der Waals surface area contributed by atoms with Crippen molar-refractivity contribution in [2.24, 2.45) is 0 Å². The molecule has 47 heavy (non-hydrogen) atoms. The van der Waals surface area contributed by atoms with Gasteiger partial charge in [-0.05, 0) is 89.4 Å². The number of benzene rings is 5. The van der Waals surface area contributed by atoms with E-state index in [1.807, 2.05) is 54.7 Å². The van der Waals surface area contributed by atoms with Crippen molar-refractivity contribution in [3.8, 4) is 56.2 Å². The average molecular weight is 788 g/mol. The van der Waals surface area contributed by atoms with E-state index in [4.69, 9.17) is 9.97 Å². The van der Waals surface area contributed by atoms with Crippen LogP contribution in [0.15, 0.2) is 140 Å². The van der Waals surface area contributed by atoms with Crippen LogP contribution in [-0.2, 0) is 21.1 Å². The summed E-state index contributed by atoms with van der Waals surface area (Å²) in [5, 5.41) is 13.1. The second-order valence-electron chi connectivity index (χ2n) is 11.7. The van der Waals surface area contributed by atoms with Crippen LogP contribution in [0.1, 0.15) is 11.1 Å². The maximum Gasteiger partial charge on any atom is 0.144 e. The number of hydrogen-bond acceptors (Lipinski definition) is 3. The first-order valence-electron chi connectivity index (χ1n) is 15.4. The summed E-state index contributed by atoms with van der Waals surface area (Å²) in [6.45, 7) is 4.32. The Morgan fingerprint density at radius 3 is 2.13 bits per heavy atom. The largest absolute Gasteiger partial charge is 0.507 e. The van der Waals surface area contributed by atoms with Gasteiger partial charge in [0.2, 0.25) is 0 Å². The molecule has 3 aromatic heterocycles. The SMILES string of the molecule is Cc1cccc(C)c1-c1cc(-c2cc(-c3ccccc3)cc(-c3ccccc3O)n2)[c-]c(-n2c3ccccc3c3cccnc32)c1.[Pt]. The van der Waals surface area contributed by atoms with Gasteiger partial charge in [-0.2, -0.15) is 0 Å². The van der Waals surface area contributed by atoms with Crippen LogP contribution < -0.4 is 0 Å². The first-order valence-corrected chi connectivity index (χ1v) is 15.4. The molecule has 5 aromatic carbocycles. The zero-order valence-corrected chi connectivity index (χ0v) is 28.2.